The number of ether oxygens (including phenoxy) is 3. The molecule has 198 valence electrons. The zero-order chi connectivity index (χ0) is 25.6. The van der Waals surface area contributed by atoms with Crippen LogP contribution in [0.5, 0.6) is 0 Å². The van der Waals surface area contributed by atoms with Crippen molar-refractivity contribution in [2.24, 2.45) is 5.41 Å². The molecule has 0 saturated carbocycles. The minimum Gasteiger partial charge on any atom is -0.462 e. The van der Waals surface area contributed by atoms with Crippen molar-refractivity contribution in [3.8, 4) is 0 Å². The molecule has 2 N–H and O–H groups in total. The maximum absolute atomic E-state index is 13.5. The van der Waals surface area contributed by atoms with Gasteiger partial charge in [-0.15, -0.1) is 0 Å². The minimum atomic E-state index is -0.551. The van der Waals surface area contributed by atoms with Crippen LogP contribution in [0.3, 0.4) is 0 Å². The second kappa shape index (κ2) is 9.64. The zero-order valence-corrected chi connectivity index (χ0v) is 23.6. The lowest BCUT2D eigenvalue weighted by Crippen LogP contribution is -2.60. The van der Waals surface area contributed by atoms with E-state index in [-0.39, 0.29) is 52.7 Å². The van der Waals surface area contributed by atoms with E-state index >= 15 is 0 Å². The van der Waals surface area contributed by atoms with Gasteiger partial charge in [0.2, 0.25) is 0 Å². The molecule has 3 fully saturated rings. The summed E-state index contributed by atoms with van der Waals surface area (Å²) in [5.74, 6) is -0.0715. The van der Waals surface area contributed by atoms with Crippen LogP contribution in [-0.2, 0) is 19.0 Å². The highest BCUT2D eigenvalue weighted by molar-refractivity contribution is 5.76. The molecule has 3 aliphatic heterocycles. The quantitative estimate of drug-likeness (QED) is 0.336. The molecule has 3 saturated heterocycles. The van der Waals surface area contributed by atoms with Crippen LogP contribution in [0.15, 0.2) is 0 Å². The van der Waals surface area contributed by atoms with E-state index in [1.165, 1.54) is 0 Å². The molecule has 0 aromatic rings. The Morgan fingerprint density at radius 1 is 0.882 bits per heavy atom. The Hall–Kier alpha value is -0.690. The normalized spacial score (nSPS) is 32.1. The molecule has 6 heteroatoms. The zero-order valence-electron chi connectivity index (χ0n) is 23.6. The van der Waals surface area contributed by atoms with E-state index in [0.717, 1.165) is 44.9 Å². The van der Waals surface area contributed by atoms with Crippen LogP contribution in [0, 0.1) is 5.41 Å². The van der Waals surface area contributed by atoms with Gasteiger partial charge in [-0.1, -0.05) is 19.8 Å². The highest BCUT2D eigenvalue weighted by Crippen LogP contribution is 2.42. The molecule has 0 aromatic heterocycles. The first-order chi connectivity index (χ1) is 15.4. The molecule has 3 rings (SSSR count). The largest absolute Gasteiger partial charge is 0.462 e. The van der Waals surface area contributed by atoms with E-state index in [2.05, 4.69) is 79.9 Å². The summed E-state index contributed by atoms with van der Waals surface area (Å²) in [5, 5.41) is 7.38. The lowest BCUT2D eigenvalue weighted by molar-refractivity contribution is -0.166. The molecule has 0 aromatic carbocycles. The molecule has 3 atom stereocenters. The standard InChI is InChI=1S/C28H52N2O4/c1-11-12-13-28(10,23(31)33-20-16-26(6,7)30-27(8,9)17-20)18-21-22(34-21)32-19-14-24(2,3)29-25(4,5)15-19/h19-22,29-30H,11-18H2,1-10H3. The van der Waals surface area contributed by atoms with Crippen LogP contribution >= 0.6 is 0 Å². The Balaban J connectivity index is 1.60. The first kappa shape index (κ1) is 27.9. The van der Waals surface area contributed by atoms with E-state index < -0.39 is 5.41 Å². The summed E-state index contributed by atoms with van der Waals surface area (Å²) in [5.41, 5.74) is -0.590. The number of carbonyl (C=O) groups is 1. The fourth-order valence-electron chi connectivity index (χ4n) is 6.81. The molecule has 3 unspecified atom stereocenters. The number of rotatable bonds is 9. The van der Waals surface area contributed by atoms with Crippen LogP contribution in [0.1, 0.15) is 121 Å². The van der Waals surface area contributed by atoms with E-state index in [4.69, 9.17) is 14.2 Å². The first-order valence-electron chi connectivity index (χ1n) is 13.5. The van der Waals surface area contributed by atoms with Gasteiger partial charge in [0, 0.05) is 35.0 Å². The highest BCUT2D eigenvalue weighted by Gasteiger charge is 2.51. The third kappa shape index (κ3) is 7.65. The maximum Gasteiger partial charge on any atom is 0.312 e. The fraction of sp³-hybridized carbons (Fsp3) is 0.964. The Morgan fingerprint density at radius 3 is 1.82 bits per heavy atom. The topological polar surface area (TPSA) is 72.1 Å². The van der Waals surface area contributed by atoms with E-state index in [1.54, 1.807) is 0 Å². The predicted octanol–water partition coefficient (Wildman–Crippen LogP) is 5.48. The third-order valence-corrected chi connectivity index (χ3v) is 7.67. The minimum absolute atomic E-state index is 0.0311. The summed E-state index contributed by atoms with van der Waals surface area (Å²) >= 11 is 0. The van der Waals surface area contributed by atoms with E-state index in [9.17, 15) is 4.79 Å². The van der Waals surface area contributed by atoms with Gasteiger partial charge in [0.15, 0.2) is 6.29 Å². The Bertz CT molecular complexity index is 700. The number of epoxide rings is 1. The van der Waals surface area contributed by atoms with Gasteiger partial charge in [-0.05, 0) is 88.0 Å². The van der Waals surface area contributed by atoms with Crippen LogP contribution in [0.2, 0.25) is 0 Å². The average Bonchev–Trinajstić information content (AvgIpc) is 3.30. The Kier molecular flexibility index (Phi) is 7.91. The maximum atomic E-state index is 13.5. The first-order valence-corrected chi connectivity index (χ1v) is 13.5. The molecule has 0 spiro atoms. The average molecular weight is 481 g/mol. The lowest BCUT2D eigenvalue weighted by Gasteiger charge is -2.46. The molecule has 0 bridgehead atoms. The fourth-order valence-corrected chi connectivity index (χ4v) is 6.81. The molecule has 0 radical (unpaired) electrons. The SMILES string of the molecule is CCCCC(C)(CC1OC1OC1CC(C)(C)NC(C)(C)C1)C(=O)OC1CC(C)(C)NC(C)(C)C1. The van der Waals surface area contributed by atoms with Crippen molar-refractivity contribution in [1.82, 2.24) is 10.6 Å². The van der Waals surface area contributed by atoms with Crippen molar-refractivity contribution >= 4 is 5.97 Å². The summed E-state index contributed by atoms with van der Waals surface area (Å²) in [7, 11) is 0. The molecule has 0 amide bonds. The van der Waals surface area contributed by atoms with Crippen molar-refractivity contribution in [3.63, 3.8) is 0 Å². The molecular weight excluding hydrogens is 428 g/mol. The van der Waals surface area contributed by atoms with Crippen LogP contribution in [0.4, 0.5) is 0 Å². The van der Waals surface area contributed by atoms with Gasteiger partial charge < -0.3 is 24.8 Å². The summed E-state index contributed by atoms with van der Waals surface area (Å²) in [6.07, 6.45) is 6.98. The monoisotopic (exact) mass is 480 g/mol. The molecule has 34 heavy (non-hydrogen) atoms. The molecule has 3 aliphatic rings. The van der Waals surface area contributed by atoms with E-state index in [0.29, 0.717) is 6.42 Å². The number of piperidine rings is 2. The lowest BCUT2D eigenvalue weighted by atomic mass is 9.79. The van der Waals surface area contributed by atoms with Crippen molar-refractivity contribution in [3.05, 3.63) is 0 Å². The second-order valence-corrected chi connectivity index (χ2v) is 14.3. The van der Waals surface area contributed by atoms with Crippen molar-refractivity contribution in [2.75, 3.05) is 0 Å². The number of hydrogen-bond acceptors (Lipinski definition) is 6. The van der Waals surface area contributed by atoms with Gasteiger partial charge >= 0.3 is 5.97 Å². The van der Waals surface area contributed by atoms with Gasteiger partial charge in [0.25, 0.3) is 0 Å². The van der Waals surface area contributed by atoms with Gasteiger partial charge in [0.1, 0.15) is 12.2 Å². The van der Waals surface area contributed by atoms with Crippen molar-refractivity contribution in [2.45, 2.75) is 167 Å². The van der Waals surface area contributed by atoms with Crippen molar-refractivity contribution < 1.29 is 19.0 Å². The number of nitrogens with one attached hydrogen (secondary N) is 2. The summed E-state index contributed by atoms with van der Waals surface area (Å²) in [6.45, 7) is 21.9. The summed E-state index contributed by atoms with van der Waals surface area (Å²) in [4.78, 5) is 13.5. The molecular formula is C28H52N2O4. The van der Waals surface area contributed by atoms with Gasteiger partial charge in [-0.25, -0.2) is 0 Å². The summed E-state index contributed by atoms with van der Waals surface area (Å²) in [6, 6.07) is 0. The van der Waals surface area contributed by atoms with Gasteiger partial charge in [0.05, 0.1) is 11.5 Å². The van der Waals surface area contributed by atoms with Crippen LogP contribution < -0.4 is 10.6 Å². The number of hydrogen-bond donors (Lipinski definition) is 2. The molecule has 6 nitrogen and oxygen atoms in total. The Labute approximate surface area is 208 Å². The Morgan fingerprint density at radius 2 is 1.35 bits per heavy atom. The highest BCUT2D eigenvalue weighted by atomic mass is 16.8. The number of carbonyl (C=O) groups excluding carboxylic acids is 1. The van der Waals surface area contributed by atoms with Gasteiger partial charge in [-0.2, -0.15) is 0 Å². The van der Waals surface area contributed by atoms with Crippen LogP contribution in [-0.4, -0.2) is 52.7 Å². The summed E-state index contributed by atoms with van der Waals surface area (Å²) < 4.78 is 18.6. The number of unbranched alkanes of at least 4 members (excludes halogenated alkanes) is 1. The van der Waals surface area contributed by atoms with Crippen molar-refractivity contribution in [1.29, 1.82) is 0 Å². The van der Waals surface area contributed by atoms with Gasteiger partial charge in [-0.3, -0.25) is 4.79 Å². The van der Waals surface area contributed by atoms with E-state index in [1.807, 2.05) is 0 Å². The molecule has 3 heterocycles. The second-order valence-electron chi connectivity index (χ2n) is 14.3. The predicted molar refractivity (Wildman–Crippen MR) is 137 cm³/mol. The molecule has 0 aliphatic carbocycles. The van der Waals surface area contributed by atoms with Crippen LogP contribution in [0.25, 0.3) is 0 Å². The smallest absolute Gasteiger partial charge is 0.312 e. The third-order valence-electron chi connectivity index (χ3n) is 7.67. The number of esters is 1.